The van der Waals surface area contributed by atoms with Crippen LogP contribution in [-0.4, -0.2) is 37.3 Å². The van der Waals surface area contributed by atoms with Crippen LogP contribution in [0.3, 0.4) is 0 Å². The Balaban J connectivity index is 2.95. The molecular formula is C11H16N2O4. The second-order valence-electron chi connectivity index (χ2n) is 3.64. The number of aliphatic hydroxyl groups is 1. The molecule has 0 atom stereocenters. The van der Waals surface area contributed by atoms with Gasteiger partial charge < -0.3 is 14.7 Å². The van der Waals surface area contributed by atoms with Gasteiger partial charge in [-0.3, -0.25) is 10.1 Å². The van der Waals surface area contributed by atoms with Crippen molar-refractivity contribution in [3.05, 3.63) is 33.9 Å². The van der Waals surface area contributed by atoms with Crippen molar-refractivity contribution in [1.82, 2.24) is 0 Å². The van der Waals surface area contributed by atoms with Crippen LogP contribution in [-0.2, 0) is 11.3 Å². The zero-order valence-corrected chi connectivity index (χ0v) is 9.92. The molecule has 0 heterocycles. The molecule has 0 aromatic heterocycles. The van der Waals surface area contributed by atoms with Gasteiger partial charge in [-0.2, -0.15) is 0 Å². The fraction of sp³-hybridized carbons (Fsp3) is 0.455. The Hall–Kier alpha value is -1.66. The zero-order valence-electron chi connectivity index (χ0n) is 9.92. The molecule has 0 saturated heterocycles. The van der Waals surface area contributed by atoms with E-state index in [9.17, 15) is 15.2 Å². The number of nitrogens with zero attached hydrogens (tertiary/aromatic N) is 2. The number of methoxy groups -OCH3 is 1. The first-order chi connectivity index (χ1) is 8.10. The summed E-state index contributed by atoms with van der Waals surface area (Å²) < 4.78 is 4.96. The van der Waals surface area contributed by atoms with Crippen molar-refractivity contribution in [2.75, 3.05) is 32.2 Å². The fourth-order valence-electron chi connectivity index (χ4n) is 1.53. The van der Waals surface area contributed by atoms with Crippen LogP contribution in [0.2, 0.25) is 0 Å². The van der Waals surface area contributed by atoms with Crippen molar-refractivity contribution in [3.63, 3.8) is 0 Å². The highest BCUT2D eigenvalue weighted by molar-refractivity contribution is 5.57. The zero-order chi connectivity index (χ0) is 12.8. The number of rotatable bonds is 6. The number of benzene rings is 1. The van der Waals surface area contributed by atoms with E-state index in [0.717, 1.165) is 5.69 Å². The molecule has 1 aromatic rings. The summed E-state index contributed by atoms with van der Waals surface area (Å²) in [4.78, 5) is 12.0. The third-order valence-corrected chi connectivity index (χ3v) is 2.49. The summed E-state index contributed by atoms with van der Waals surface area (Å²) in [5, 5.41) is 19.8. The number of anilines is 1. The molecule has 0 amide bonds. The number of ether oxygens (including phenoxy) is 1. The second-order valence-corrected chi connectivity index (χ2v) is 3.64. The molecule has 1 N–H and O–H groups in total. The van der Waals surface area contributed by atoms with E-state index in [1.165, 1.54) is 12.1 Å². The number of likely N-dealkylation sites (N-methyl/N-ethyl adjacent to an activating group) is 1. The van der Waals surface area contributed by atoms with E-state index in [2.05, 4.69) is 0 Å². The Labute approximate surface area is 99.6 Å². The Kier molecular flexibility index (Phi) is 4.86. The van der Waals surface area contributed by atoms with Gasteiger partial charge in [-0.1, -0.05) is 0 Å². The molecule has 0 spiro atoms. The van der Waals surface area contributed by atoms with Gasteiger partial charge in [0, 0.05) is 44.1 Å². The minimum Gasteiger partial charge on any atom is -0.392 e. The molecule has 6 heteroatoms. The van der Waals surface area contributed by atoms with Gasteiger partial charge >= 0.3 is 0 Å². The minimum absolute atomic E-state index is 0.0158. The van der Waals surface area contributed by atoms with E-state index in [-0.39, 0.29) is 12.3 Å². The third kappa shape index (κ3) is 3.40. The van der Waals surface area contributed by atoms with E-state index in [1.807, 2.05) is 11.9 Å². The molecule has 0 aliphatic rings. The number of nitro benzene ring substituents is 1. The van der Waals surface area contributed by atoms with Crippen LogP contribution in [0, 0.1) is 10.1 Å². The fourth-order valence-corrected chi connectivity index (χ4v) is 1.53. The highest BCUT2D eigenvalue weighted by Crippen LogP contribution is 2.24. The van der Waals surface area contributed by atoms with Crippen molar-refractivity contribution < 1.29 is 14.8 Å². The summed E-state index contributed by atoms with van der Waals surface area (Å²) in [6.45, 7) is 0.980. The van der Waals surface area contributed by atoms with Crippen molar-refractivity contribution in [2.45, 2.75) is 6.61 Å². The molecule has 0 saturated carbocycles. The lowest BCUT2D eigenvalue weighted by Gasteiger charge is -2.21. The molecule has 0 bridgehead atoms. The molecule has 6 nitrogen and oxygen atoms in total. The molecule has 0 unspecified atom stereocenters. The van der Waals surface area contributed by atoms with Gasteiger partial charge in [-0.15, -0.1) is 0 Å². The normalized spacial score (nSPS) is 10.3. The largest absolute Gasteiger partial charge is 0.392 e. The van der Waals surface area contributed by atoms with Crippen LogP contribution < -0.4 is 4.90 Å². The molecule has 0 aliphatic heterocycles. The van der Waals surface area contributed by atoms with E-state index < -0.39 is 4.92 Å². The smallest absolute Gasteiger partial charge is 0.269 e. The van der Waals surface area contributed by atoms with E-state index >= 15 is 0 Å². The predicted octanol–water partition coefficient (Wildman–Crippen LogP) is 1.17. The first-order valence-corrected chi connectivity index (χ1v) is 5.18. The molecule has 17 heavy (non-hydrogen) atoms. The number of non-ortho nitro benzene ring substituents is 1. The Morgan fingerprint density at radius 3 is 2.76 bits per heavy atom. The minimum atomic E-state index is -0.474. The standard InChI is InChI=1S/C11H16N2O4/c1-12(5-6-17-2)11-4-3-10(13(15)16)7-9(11)8-14/h3-4,7,14H,5-6,8H2,1-2H3. The van der Waals surface area contributed by atoms with Crippen molar-refractivity contribution >= 4 is 11.4 Å². The van der Waals surface area contributed by atoms with Crippen LogP contribution in [0.15, 0.2) is 18.2 Å². The van der Waals surface area contributed by atoms with E-state index in [0.29, 0.717) is 18.7 Å². The third-order valence-electron chi connectivity index (χ3n) is 2.49. The van der Waals surface area contributed by atoms with Gasteiger partial charge in [0.15, 0.2) is 0 Å². The predicted molar refractivity (Wildman–Crippen MR) is 64.2 cm³/mol. The molecule has 0 radical (unpaired) electrons. The Morgan fingerprint density at radius 1 is 1.53 bits per heavy atom. The molecule has 1 aromatic carbocycles. The lowest BCUT2D eigenvalue weighted by Crippen LogP contribution is -2.23. The van der Waals surface area contributed by atoms with Gasteiger partial charge in [0.25, 0.3) is 5.69 Å². The maximum absolute atomic E-state index is 10.6. The molecular weight excluding hydrogens is 224 g/mol. The monoisotopic (exact) mass is 240 g/mol. The highest BCUT2D eigenvalue weighted by Gasteiger charge is 2.12. The van der Waals surface area contributed by atoms with E-state index in [1.54, 1.807) is 13.2 Å². The van der Waals surface area contributed by atoms with Gasteiger partial charge in [0.05, 0.1) is 18.1 Å². The van der Waals surface area contributed by atoms with Crippen LogP contribution in [0.1, 0.15) is 5.56 Å². The summed E-state index contributed by atoms with van der Waals surface area (Å²) in [5.41, 5.74) is 1.30. The van der Waals surface area contributed by atoms with Gasteiger partial charge in [-0.05, 0) is 6.07 Å². The van der Waals surface area contributed by atoms with Gasteiger partial charge in [-0.25, -0.2) is 0 Å². The lowest BCUT2D eigenvalue weighted by atomic mass is 10.1. The van der Waals surface area contributed by atoms with Crippen molar-refractivity contribution in [2.24, 2.45) is 0 Å². The topological polar surface area (TPSA) is 75.8 Å². The number of hydrogen-bond donors (Lipinski definition) is 1. The Bertz CT molecular complexity index is 395. The van der Waals surface area contributed by atoms with Crippen LogP contribution in [0.5, 0.6) is 0 Å². The lowest BCUT2D eigenvalue weighted by molar-refractivity contribution is -0.384. The maximum Gasteiger partial charge on any atom is 0.269 e. The average Bonchev–Trinajstić information content (AvgIpc) is 2.34. The van der Waals surface area contributed by atoms with Gasteiger partial charge in [0.2, 0.25) is 0 Å². The molecule has 0 fully saturated rings. The first-order valence-electron chi connectivity index (χ1n) is 5.18. The molecule has 94 valence electrons. The van der Waals surface area contributed by atoms with E-state index in [4.69, 9.17) is 4.74 Å². The number of aliphatic hydroxyl groups excluding tert-OH is 1. The van der Waals surface area contributed by atoms with Crippen molar-refractivity contribution in [1.29, 1.82) is 0 Å². The summed E-state index contributed by atoms with van der Waals surface area (Å²) >= 11 is 0. The van der Waals surface area contributed by atoms with Crippen molar-refractivity contribution in [3.8, 4) is 0 Å². The maximum atomic E-state index is 10.6. The van der Waals surface area contributed by atoms with Crippen LogP contribution in [0.4, 0.5) is 11.4 Å². The summed E-state index contributed by atoms with van der Waals surface area (Å²) in [6.07, 6.45) is 0. The summed E-state index contributed by atoms with van der Waals surface area (Å²) in [6, 6.07) is 4.45. The second kappa shape index (κ2) is 6.17. The van der Waals surface area contributed by atoms with Crippen LogP contribution in [0.25, 0.3) is 0 Å². The number of hydrogen-bond acceptors (Lipinski definition) is 5. The highest BCUT2D eigenvalue weighted by atomic mass is 16.6. The summed E-state index contributed by atoms with van der Waals surface area (Å²) in [7, 11) is 3.45. The van der Waals surface area contributed by atoms with Crippen LogP contribution >= 0.6 is 0 Å². The molecule has 0 aliphatic carbocycles. The molecule has 1 rings (SSSR count). The first kappa shape index (κ1) is 13.4. The summed E-state index contributed by atoms with van der Waals surface area (Å²) in [5.74, 6) is 0. The SMILES string of the molecule is COCCN(C)c1ccc([N+](=O)[O-])cc1CO. The average molecular weight is 240 g/mol. The quantitative estimate of drug-likeness (QED) is 0.596. The number of nitro groups is 1. The Morgan fingerprint density at radius 2 is 2.24 bits per heavy atom. The van der Waals surface area contributed by atoms with Gasteiger partial charge in [0.1, 0.15) is 0 Å².